The normalized spacial score (nSPS) is 14.2. The summed E-state index contributed by atoms with van der Waals surface area (Å²) in [4.78, 5) is 24.1. The lowest BCUT2D eigenvalue weighted by molar-refractivity contribution is 0.0600. The fourth-order valence-electron chi connectivity index (χ4n) is 3.71. The summed E-state index contributed by atoms with van der Waals surface area (Å²) in [6, 6.07) is 10.2. The smallest absolute Gasteiger partial charge is 0.337 e. The first-order valence-electron chi connectivity index (χ1n) is 10.4. The minimum Gasteiger partial charge on any atom is -0.465 e. The first-order valence-corrected chi connectivity index (χ1v) is 10.7. The summed E-state index contributed by atoms with van der Waals surface area (Å²) in [7, 11) is 3.37. The molecule has 33 heavy (non-hydrogen) atoms. The van der Waals surface area contributed by atoms with Gasteiger partial charge in [0.05, 0.1) is 18.4 Å². The number of anilines is 4. The van der Waals surface area contributed by atoms with Crippen LogP contribution in [-0.4, -0.2) is 61.2 Å². The Labute approximate surface area is 196 Å². The number of nitrogens with one attached hydrogen (secondary N) is 1. The van der Waals surface area contributed by atoms with Crippen LogP contribution in [0.2, 0.25) is 5.15 Å². The Bertz CT molecular complexity index is 1170. The van der Waals surface area contributed by atoms with Gasteiger partial charge in [0.25, 0.3) is 0 Å². The molecule has 1 aliphatic heterocycles. The third-order valence-corrected chi connectivity index (χ3v) is 5.96. The highest BCUT2D eigenvalue weighted by molar-refractivity contribution is 6.32. The number of nitrogens with two attached hydrogens (primary N) is 1. The minimum atomic E-state index is -0.466. The van der Waals surface area contributed by atoms with Gasteiger partial charge in [-0.1, -0.05) is 23.7 Å². The number of ether oxygens (including phenoxy) is 1. The van der Waals surface area contributed by atoms with Crippen LogP contribution >= 0.6 is 11.6 Å². The van der Waals surface area contributed by atoms with Gasteiger partial charge >= 0.3 is 5.97 Å². The van der Waals surface area contributed by atoms with Gasteiger partial charge in [0, 0.05) is 31.7 Å². The van der Waals surface area contributed by atoms with Crippen molar-refractivity contribution in [3.63, 3.8) is 0 Å². The standard InChI is InChI=1S/C23H24ClFN6O2/c1-30-9-11-31(12-10-30)17-8-7-16(14-3-5-15(6-4-14)23(32)33-2)18(25)20(17)29-22-19(26)21(24)27-13-28-22/h3-8,13H,9-12,26H2,1-2H3,(H,27,28,29). The molecule has 0 unspecified atom stereocenters. The van der Waals surface area contributed by atoms with Crippen LogP contribution in [0.3, 0.4) is 0 Å². The number of carbonyl (C=O) groups is 1. The molecule has 172 valence electrons. The molecule has 1 fully saturated rings. The monoisotopic (exact) mass is 470 g/mol. The number of nitrogens with zero attached hydrogens (tertiary/aromatic N) is 4. The molecule has 0 amide bonds. The number of nitrogen functional groups attached to an aromatic ring is 1. The van der Waals surface area contributed by atoms with Crippen LogP contribution in [0.25, 0.3) is 11.1 Å². The first-order chi connectivity index (χ1) is 15.9. The van der Waals surface area contributed by atoms with Crippen LogP contribution in [0.15, 0.2) is 42.7 Å². The van der Waals surface area contributed by atoms with Gasteiger partial charge in [-0.05, 0) is 36.9 Å². The van der Waals surface area contributed by atoms with Crippen molar-refractivity contribution in [2.45, 2.75) is 0 Å². The molecular formula is C23H24ClFN6O2. The Morgan fingerprint density at radius 2 is 1.82 bits per heavy atom. The minimum absolute atomic E-state index is 0.0867. The van der Waals surface area contributed by atoms with E-state index in [0.717, 1.165) is 26.2 Å². The van der Waals surface area contributed by atoms with Gasteiger partial charge in [0.1, 0.15) is 17.7 Å². The summed E-state index contributed by atoms with van der Waals surface area (Å²) in [6.07, 6.45) is 1.27. The lowest BCUT2D eigenvalue weighted by atomic mass is 10.0. The number of benzene rings is 2. The summed E-state index contributed by atoms with van der Waals surface area (Å²) in [5, 5.41) is 3.13. The third kappa shape index (κ3) is 4.69. The number of hydrogen-bond donors (Lipinski definition) is 2. The molecule has 3 aromatic rings. The maximum absolute atomic E-state index is 16.0. The average molecular weight is 471 g/mol. The molecule has 2 heterocycles. The van der Waals surface area contributed by atoms with E-state index in [1.54, 1.807) is 30.3 Å². The molecule has 1 aromatic heterocycles. The average Bonchev–Trinajstić information content (AvgIpc) is 2.83. The number of methoxy groups -OCH3 is 1. The molecule has 0 saturated carbocycles. The molecule has 0 bridgehead atoms. The van der Waals surface area contributed by atoms with Crippen molar-refractivity contribution >= 4 is 40.5 Å². The van der Waals surface area contributed by atoms with Crippen LogP contribution in [0.5, 0.6) is 0 Å². The van der Waals surface area contributed by atoms with E-state index in [0.29, 0.717) is 22.4 Å². The van der Waals surface area contributed by atoms with Crippen molar-refractivity contribution in [2.75, 3.05) is 56.3 Å². The lowest BCUT2D eigenvalue weighted by Crippen LogP contribution is -2.44. The second-order valence-corrected chi connectivity index (χ2v) is 8.09. The number of hydrogen-bond acceptors (Lipinski definition) is 8. The zero-order chi connectivity index (χ0) is 23.5. The molecule has 1 saturated heterocycles. The lowest BCUT2D eigenvalue weighted by Gasteiger charge is -2.35. The fourth-order valence-corrected chi connectivity index (χ4v) is 3.85. The highest BCUT2D eigenvalue weighted by Gasteiger charge is 2.23. The van der Waals surface area contributed by atoms with Gasteiger partial charge in [-0.15, -0.1) is 0 Å². The molecule has 2 aromatic carbocycles. The van der Waals surface area contributed by atoms with E-state index in [1.165, 1.54) is 13.4 Å². The summed E-state index contributed by atoms with van der Waals surface area (Å²) in [6.45, 7) is 3.22. The van der Waals surface area contributed by atoms with Gasteiger partial charge in [0.2, 0.25) is 0 Å². The SMILES string of the molecule is COC(=O)c1ccc(-c2ccc(N3CCN(C)CC3)c(Nc3ncnc(Cl)c3N)c2F)cc1. The summed E-state index contributed by atoms with van der Waals surface area (Å²) >= 11 is 6.04. The molecule has 0 spiro atoms. The maximum atomic E-state index is 16.0. The molecule has 0 aliphatic carbocycles. The van der Waals surface area contributed by atoms with Crippen molar-refractivity contribution in [3.8, 4) is 11.1 Å². The van der Waals surface area contributed by atoms with Gasteiger partial charge in [-0.2, -0.15) is 0 Å². The summed E-state index contributed by atoms with van der Waals surface area (Å²) in [5.74, 6) is -0.695. The molecule has 0 atom stereocenters. The molecule has 1 aliphatic rings. The first kappa shape index (κ1) is 22.8. The molecule has 10 heteroatoms. The van der Waals surface area contributed by atoms with E-state index >= 15 is 4.39 Å². The van der Waals surface area contributed by atoms with Crippen LogP contribution in [0.1, 0.15) is 10.4 Å². The van der Waals surface area contributed by atoms with E-state index < -0.39 is 11.8 Å². The van der Waals surface area contributed by atoms with E-state index in [1.807, 2.05) is 6.07 Å². The third-order valence-electron chi connectivity index (χ3n) is 5.66. The van der Waals surface area contributed by atoms with Crippen molar-refractivity contribution in [1.29, 1.82) is 0 Å². The summed E-state index contributed by atoms with van der Waals surface area (Å²) < 4.78 is 20.7. The second kappa shape index (κ2) is 9.60. The predicted octanol–water partition coefficient (Wildman–Crippen LogP) is 3.80. The van der Waals surface area contributed by atoms with Crippen LogP contribution in [-0.2, 0) is 4.74 Å². The van der Waals surface area contributed by atoms with Gasteiger partial charge in [-0.25, -0.2) is 19.2 Å². The molecule has 8 nitrogen and oxygen atoms in total. The van der Waals surface area contributed by atoms with E-state index in [9.17, 15) is 4.79 Å². The number of esters is 1. The Hall–Kier alpha value is -3.43. The number of halogens is 2. The maximum Gasteiger partial charge on any atom is 0.337 e. The number of rotatable bonds is 5. The predicted molar refractivity (Wildman–Crippen MR) is 128 cm³/mol. The Morgan fingerprint density at radius 3 is 2.48 bits per heavy atom. The zero-order valence-electron chi connectivity index (χ0n) is 18.3. The number of aromatic nitrogens is 2. The van der Waals surface area contributed by atoms with Crippen molar-refractivity contribution in [1.82, 2.24) is 14.9 Å². The topological polar surface area (TPSA) is 96.6 Å². The van der Waals surface area contributed by atoms with Crippen LogP contribution in [0, 0.1) is 5.82 Å². The number of likely N-dealkylation sites (N-methyl/N-ethyl adjacent to an activating group) is 1. The molecule has 0 radical (unpaired) electrons. The number of carbonyl (C=O) groups excluding carboxylic acids is 1. The zero-order valence-corrected chi connectivity index (χ0v) is 19.1. The fraction of sp³-hybridized carbons (Fsp3) is 0.261. The number of piperazine rings is 1. The summed E-state index contributed by atoms with van der Waals surface area (Å²) in [5.41, 5.74) is 8.47. The van der Waals surface area contributed by atoms with E-state index in [2.05, 4.69) is 32.1 Å². The molecule has 4 rings (SSSR count). The van der Waals surface area contributed by atoms with Gasteiger partial charge < -0.3 is 25.6 Å². The van der Waals surface area contributed by atoms with E-state index in [4.69, 9.17) is 22.1 Å². The van der Waals surface area contributed by atoms with Gasteiger partial charge in [-0.3, -0.25) is 0 Å². The highest BCUT2D eigenvalue weighted by atomic mass is 35.5. The largest absolute Gasteiger partial charge is 0.465 e. The Kier molecular flexibility index (Phi) is 6.62. The molecule has 3 N–H and O–H groups in total. The molecular weight excluding hydrogens is 447 g/mol. The van der Waals surface area contributed by atoms with Gasteiger partial charge in [0.15, 0.2) is 16.8 Å². The van der Waals surface area contributed by atoms with Crippen molar-refractivity contribution in [3.05, 3.63) is 59.3 Å². The van der Waals surface area contributed by atoms with E-state index in [-0.39, 0.29) is 22.3 Å². The van der Waals surface area contributed by atoms with Crippen molar-refractivity contribution in [2.24, 2.45) is 0 Å². The van der Waals surface area contributed by atoms with Crippen LogP contribution < -0.4 is 16.0 Å². The highest BCUT2D eigenvalue weighted by Crippen LogP contribution is 2.39. The van der Waals surface area contributed by atoms with Crippen molar-refractivity contribution < 1.29 is 13.9 Å². The Balaban J connectivity index is 1.78. The Morgan fingerprint density at radius 1 is 1.12 bits per heavy atom. The second-order valence-electron chi connectivity index (χ2n) is 7.73. The quantitative estimate of drug-likeness (QED) is 0.429. The van der Waals surface area contributed by atoms with Crippen LogP contribution in [0.4, 0.5) is 27.3 Å².